The van der Waals surface area contributed by atoms with Crippen molar-refractivity contribution in [1.29, 1.82) is 0 Å². The number of fused-ring (bicyclic) bond motifs is 1. The van der Waals surface area contributed by atoms with Crippen molar-refractivity contribution in [3.05, 3.63) is 82.8 Å². The maximum atomic E-state index is 13.5. The minimum absolute atomic E-state index is 0.0285. The molecular weight excluding hydrogens is 445 g/mol. The van der Waals surface area contributed by atoms with Gasteiger partial charge in [-0.15, -0.1) is 0 Å². The number of hydrogen-bond acceptors (Lipinski definition) is 4. The number of halogens is 1. The van der Waals surface area contributed by atoms with Gasteiger partial charge in [-0.3, -0.25) is 0 Å². The summed E-state index contributed by atoms with van der Waals surface area (Å²) in [4.78, 5) is 11.6. The molecule has 7 heteroatoms. The van der Waals surface area contributed by atoms with Gasteiger partial charge in [-0.25, -0.2) is 9.37 Å². The Kier molecular flexibility index (Phi) is 6.46. The van der Waals surface area contributed by atoms with Crippen molar-refractivity contribution in [2.75, 3.05) is 23.3 Å². The number of nitrogens with one attached hydrogen (secondary N) is 2. The molecule has 1 fully saturated rings. The maximum absolute atomic E-state index is 13.5. The SMILES string of the molecule is Cc1cc(N2CCc3ccccc3C2)nc(NC(=S)NCC2(c3ccc(F)cc3)CCCC2)n1. The zero-order chi connectivity index (χ0) is 23.5. The molecule has 0 amide bonds. The quantitative estimate of drug-likeness (QED) is 0.490. The number of hydrogen-bond donors (Lipinski definition) is 2. The van der Waals surface area contributed by atoms with Gasteiger partial charge >= 0.3 is 0 Å². The zero-order valence-electron chi connectivity index (χ0n) is 19.5. The first-order valence-corrected chi connectivity index (χ1v) is 12.4. The molecular formula is C27H30FN5S. The number of anilines is 2. The average molecular weight is 476 g/mol. The molecule has 176 valence electrons. The highest BCUT2D eigenvalue weighted by molar-refractivity contribution is 7.80. The van der Waals surface area contributed by atoms with Gasteiger partial charge in [-0.05, 0) is 67.2 Å². The molecule has 0 unspecified atom stereocenters. The van der Waals surface area contributed by atoms with Gasteiger partial charge in [-0.1, -0.05) is 49.2 Å². The molecule has 0 radical (unpaired) electrons. The summed E-state index contributed by atoms with van der Waals surface area (Å²) >= 11 is 5.61. The van der Waals surface area contributed by atoms with Gasteiger partial charge in [-0.2, -0.15) is 4.98 Å². The molecule has 2 aromatic carbocycles. The Morgan fingerprint density at radius 2 is 1.79 bits per heavy atom. The Morgan fingerprint density at radius 1 is 1.06 bits per heavy atom. The first-order valence-electron chi connectivity index (χ1n) is 12.0. The van der Waals surface area contributed by atoms with E-state index < -0.39 is 0 Å². The van der Waals surface area contributed by atoms with Crippen molar-refractivity contribution < 1.29 is 4.39 Å². The highest BCUT2D eigenvalue weighted by Gasteiger charge is 2.35. The molecule has 3 aromatic rings. The van der Waals surface area contributed by atoms with Gasteiger partial charge < -0.3 is 15.5 Å². The highest BCUT2D eigenvalue weighted by Crippen LogP contribution is 2.40. The van der Waals surface area contributed by atoms with Crippen LogP contribution in [0.5, 0.6) is 0 Å². The molecule has 0 atom stereocenters. The number of benzene rings is 2. The van der Waals surface area contributed by atoms with Crippen LogP contribution in [0.15, 0.2) is 54.6 Å². The van der Waals surface area contributed by atoms with E-state index >= 15 is 0 Å². The lowest BCUT2D eigenvalue weighted by atomic mass is 9.79. The molecule has 1 saturated carbocycles. The van der Waals surface area contributed by atoms with Gasteiger partial charge in [0.1, 0.15) is 11.6 Å². The number of aromatic nitrogens is 2. The molecule has 2 N–H and O–H groups in total. The molecule has 2 aliphatic rings. The third-order valence-corrected chi connectivity index (χ3v) is 7.37. The first-order chi connectivity index (χ1) is 16.5. The van der Waals surface area contributed by atoms with Crippen molar-refractivity contribution in [1.82, 2.24) is 15.3 Å². The number of nitrogens with zero attached hydrogens (tertiary/aromatic N) is 3. The Hall–Kier alpha value is -3.06. The van der Waals surface area contributed by atoms with Crippen LogP contribution in [0, 0.1) is 12.7 Å². The molecule has 0 bridgehead atoms. The molecule has 34 heavy (non-hydrogen) atoms. The van der Waals surface area contributed by atoms with Crippen molar-refractivity contribution in [2.24, 2.45) is 0 Å². The summed E-state index contributed by atoms with van der Waals surface area (Å²) in [6.45, 7) is 4.45. The third-order valence-electron chi connectivity index (χ3n) is 7.13. The molecule has 0 saturated heterocycles. The van der Waals surface area contributed by atoms with Gasteiger partial charge in [0.05, 0.1) is 0 Å². The summed E-state index contributed by atoms with van der Waals surface area (Å²) in [5.41, 5.74) is 4.79. The molecule has 5 rings (SSSR count). The molecule has 1 aromatic heterocycles. The van der Waals surface area contributed by atoms with Crippen LogP contribution in [0.3, 0.4) is 0 Å². The lowest BCUT2D eigenvalue weighted by Crippen LogP contribution is -2.41. The topological polar surface area (TPSA) is 53.1 Å². The van der Waals surface area contributed by atoms with Crippen LogP contribution >= 0.6 is 12.2 Å². The number of aryl methyl sites for hydroxylation is 1. The van der Waals surface area contributed by atoms with E-state index in [-0.39, 0.29) is 11.2 Å². The van der Waals surface area contributed by atoms with E-state index in [1.54, 1.807) is 12.1 Å². The van der Waals surface area contributed by atoms with E-state index in [0.29, 0.717) is 17.6 Å². The molecule has 1 aliphatic carbocycles. The largest absolute Gasteiger partial charge is 0.361 e. The fourth-order valence-electron chi connectivity index (χ4n) is 5.28. The summed E-state index contributed by atoms with van der Waals surface area (Å²) in [6.07, 6.45) is 5.48. The smallest absolute Gasteiger partial charge is 0.231 e. The van der Waals surface area contributed by atoms with Gasteiger partial charge in [0.15, 0.2) is 5.11 Å². The maximum Gasteiger partial charge on any atom is 0.231 e. The number of rotatable bonds is 5. The summed E-state index contributed by atoms with van der Waals surface area (Å²) in [7, 11) is 0. The fraction of sp³-hybridized carbons (Fsp3) is 0.370. The fourth-order valence-corrected chi connectivity index (χ4v) is 5.44. The van der Waals surface area contributed by atoms with Crippen LogP contribution in [0.25, 0.3) is 0 Å². The second-order valence-corrected chi connectivity index (χ2v) is 9.84. The van der Waals surface area contributed by atoms with E-state index in [9.17, 15) is 4.39 Å². The van der Waals surface area contributed by atoms with Crippen LogP contribution < -0.4 is 15.5 Å². The number of thiocarbonyl (C=S) groups is 1. The van der Waals surface area contributed by atoms with E-state index in [1.165, 1.54) is 29.5 Å². The van der Waals surface area contributed by atoms with Gasteiger partial charge in [0.25, 0.3) is 0 Å². The normalized spacial score (nSPS) is 16.7. The van der Waals surface area contributed by atoms with Crippen LogP contribution in [-0.2, 0) is 18.4 Å². The Morgan fingerprint density at radius 3 is 2.56 bits per heavy atom. The second-order valence-electron chi connectivity index (χ2n) is 9.43. The van der Waals surface area contributed by atoms with Crippen LogP contribution in [0.4, 0.5) is 16.2 Å². The average Bonchev–Trinajstić information content (AvgIpc) is 3.33. The van der Waals surface area contributed by atoms with Crippen molar-refractivity contribution in [3.8, 4) is 0 Å². The van der Waals surface area contributed by atoms with Crippen molar-refractivity contribution >= 4 is 29.1 Å². The summed E-state index contributed by atoms with van der Waals surface area (Å²) < 4.78 is 13.5. The molecule has 1 aliphatic heterocycles. The molecule has 5 nitrogen and oxygen atoms in total. The Balaban J connectivity index is 1.26. The van der Waals surface area contributed by atoms with Crippen molar-refractivity contribution in [3.63, 3.8) is 0 Å². The molecule has 0 spiro atoms. The van der Waals surface area contributed by atoms with Crippen molar-refractivity contribution in [2.45, 2.75) is 51.0 Å². The Labute approximate surface area is 205 Å². The first kappa shape index (κ1) is 22.7. The predicted molar refractivity (Wildman–Crippen MR) is 139 cm³/mol. The summed E-state index contributed by atoms with van der Waals surface area (Å²) in [5.74, 6) is 1.21. The summed E-state index contributed by atoms with van der Waals surface area (Å²) in [6, 6.07) is 17.5. The van der Waals surface area contributed by atoms with Crippen LogP contribution in [0.1, 0.15) is 48.1 Å². The van der Waals surface area contributed by atoms with Gasteiger partial charge in [0.2, 0.25) is 5.95 Å². The van der Waals surface area contributed by atoms with E-state index in [1.807, 2.05) is 25.1 Å². The van der Waals surface area contributed by atoms with Crippen LogP contribution in [0.2, 0.25) is 0 Å². The van der Waals surface area contributed by atoms with Crippen LogP contribution in [-0.4, -0.2) is 28.2 Å². The van der Waals surface area contributed by atoms with Gasteiger partial charge in [0, 0.05) is 36.8 Å². The molecule has 2 heterocycles. The van der Waals surface area contributed by atoms with E-state index in [4.69, 9.17) is 17.2 Å². The monoisotopic (exact) mass is 475 g/mol. The van der Waals surface area contributed by atoms with E-state index in [2.05, 4.69) is 44.8 Å². The summed E-state index contributed by atoms with van der Waals surface area (Å²) in [5, 5.41) is 7.09. The predicted octanol–water partition coefficient (Wildman–Crippen LogP) is 5.29. The standard InChI is InChI=1S/C27H30FN5S/c1-19-16-24(33-15-12-20-6-2-3-7-21(20)17-33)31-25(30-19)32-26(34)29-18-27(13-4-5-14-27)22-8-10-23(28)11-9-22/h2-3,6-11,16H,4-5,12-15,17-18H2,1H3,(H2,29,30,31,32,34). The Bertz CT molecular complexity index is 1170. The second kappa shape index (κ2) is 9.66. The minimum Gasteiger partial charge on any atom is -0.361 e. The van der Waals surface area contributed by atoms with E-state index in [0.717, 1.165) is 43.9 Å². The minimum atomic E-state index is -0.202. The lowest BCUT2D eigenvalue weighted by molar-refractivity contribution is 0.434. The lowest BCUT2D eigenvalue weighted by Gasteiger charge is -2.31. The third kappa shape index (κ3) is 4.89. The zero-order valence-corrected chi connectivity index (χ0v) is 20.3. The highest BCUT2D eigenvalue weighted by atomic mass is 32.1.